The van der Waals surface area contributed by atoms with Crippen molar-refractivity contribution >= 4 is 40.9 Å². The number of carboxylic acid groups (broad SMARTS) is 2. The Labute approximate surface area is 288 Å². The summed E-state index contributed by atoms with van der Waals surface area (Å²) in [7, 11) is 1.74. The number of benzene rings is 2. The molecule has 2 heterocycles. The Bertz CT molecular complexity index is 1440. The van der Waals surface area contributed by atoms with Gasteiger partial charge in [0.05, 0.1) is 35.5 Å². The van der Waals surface area contributed by atoms with Gasteiger partial charge in [0.1, 0.15) is 11.6 Å². The first-order valence-corrected chi connectivity index (χ1v) is 16.0. The van der Waals surface area contributed by atoms with E-state index >= 15 is 0 Å². The van der Waals surface area contributed by atoms with Crippen LogP contribution in [-0.2, 0) is 36.6 Å². The monoisotopic (exact) mass is 739 g/mol. The molecule has 4 rings (SSSR count). The van der Waals surface area contributed by atoms with Gasteiger partial charge in [-0.05, 0) is 91.4 Å². The highest BCUT2D eigenvalue weighted by Gasteiger charge is 2.36. The van der Waals surface area contributed by atoms with E-state index in [4.69, 9.17) is 29.4 Å². The lowest BCUT2D eigenvalue weighted by atomic mass is 9.80. The van der Waals surface area contributed by atoms with Crippen LogP contribution in [-0.4, -0.2) is 94.8 Å². The Kier molecular flexibility index (Phi) is 16.5. The fourth-order valence-electron chi connectivity index (χ4n) is 4.02. The summed E-state index contributed by atoms with van der Waals surface area (Å²) in [6.07, 6.45) is 2.19. The Morgan fingerprint density at radius 1 is 0.875 bits per heavy atom. The summed E-state index contributed by atoms with van der Waals surface area (Å²) in [5, 5.41) is 45.1. The number of hydrogen-bond donors (Lipinski definition) is 5. The van der Waals surface area contributed by atoms with Crippen LogP contribution in [0.2, 0.25) is 0 Å². The highest BCUT2D eigenvalue weighted by atomic mass is 79.9. The first-order valence-electron chi connectivity index (χ1n) is 15.2. The molecule has 2 aliphatic heterocycles. The molecule has 2 aromatic carbocycles. The second kappa shape index (κ2) is 19.3. The van der Waals surface area contributed by atoms with Gasteiger partial charge in [0.2, 0.25) is 0 Å². The summed E-state index contributed by atoms with van der Waals surface area (Å²) in [6.45, 7) is 9.71. The van der Waals surface area contributed by atoms with Crippen molar-refractivity contribution in [1.82, 2.24) is 0 Å². The molecule has 5 N–H and O–H groups in total. The fourth-order valence-corrected chi connectivity index (χ4v) is 4.27. The molecule has 0 spiro atoms. The van der Waals surface area contributed by atoms with Crippen molar-refractivity contribution in [3.8, 4) is 0 Å². The van der Waals surface area contributed by atoms with Crippen LogP contribution in [0, 0.1) is 11.6 Å². The number of aliphatic hydroxyl groups is 3. The molecule has 0 saturated carbocycles. The molecule has 0 aromatic heterocycles. The van der Waals surface area contributed by atoms with Crippen molar-refractivity contribution in [1.29, 1.82) is 0 Å². The van der Waals surface area contributed by atoms with E-state index in [0.717, 1.165) is 24.1 Å². The standard InChI is InChI=1S/C14H15FO4.C11H20BO3.C9H8BrFO3/c15-12-7-9(8-13(16)14(17)18)1-2-11(12)10-3-5-19-6-4-10;1-10(2,13)11(3,4)15-12-9-5-7-14-8-6-9;10-6-2-1-5(3-7(6)11)4-8(12)9(13)14/h1-3,7,13,16H,4-6,8H2,(H,17,18);5,13H,6-8H2,1-4H3;1-3,8,12H,4H2,(H,13,14)/t13-;;8-/m0.0/s1. The van der Waals surface area contributed by atoms with Gasteiger partial charge in [-0.2, -0.15) is 0 Å². The van der Waals surface area contributed by atoms with Crippen molar-refractivity contribution in [2.24, 2.45) is 0 Å². The lowest BCUT2D eigenvalue weighted by Gasteiger charge is -2.38. The summed E-state index contributed by atoms with van der Waals surface area (Å²) in [5.74, 6) is -3.49. The Morgan fingerprint density at radius 2 is 1.40 bits per heavy atom. The maximum atomic E-state index is 14.0. The van der Waals surface area contributed by atoms with Gasteiger partial charge >= 0.3 is 19.4 Å². The van der Waals surface area contributed by atoms with Gasteiger partial charge in [-0.3, -0.25) is 0 Å². The molecule has 2 atom stereocenters. The highest BCUT2D eigenvalue weighted by Crippen LogP contribution is 2.26. The molecule has 0 saturated heterocycles. The number of hydrogen-bond acceptors (Lipinski definition) is 8. The Hall–Kier alpha value is -2.98. The molecule has 263 valence electrons. The molecule has 48 heavy (non-hydrogen) atoms. The largest absolute Gasteiger partial charge is 0.479 e. The normalized spacial score (nSPS) is 16.1. The number of aliphatic hydroxyl groups excluding tert-OH is 2. The topological polar surface area (TPSA) is 163 Å². The van der Waals surface area contributed by atoms with E-state index < -0.39 is 47.0 Å². The zero-order valence-electron chi connectivity index (χ0n) is 27.4. The summed E-state index contributed by atoms with van der Waals surface area (Å²) in [5.41, 5.74) is 2.00. The minimum atomic E-state index is -1.51. The predicted molar refractivity (Wildman–Crippen MR) is 179 cm³/mol. The second-order valence-electron chi connectivity index (χ2n) is 12.1. The van der Waals surface area contributed by atoms with Crippen molar-refractivity contribution < 1.29 is 58.0 Å². The molecule has 1 radical (unpaired) electrons. The number of rotatable bonds is 11. The summed E-state index contributed by atoms with van der Waals surface area (Å²) in [4.78, 5) is 20.8. The van der Waals surface area contributed by atoms with E-state index in [1.165, 1.54) is 18.2 Å². The molecule has 14 heteroatoms. The third kappa shape index (κ3) is 13.9. The number of carbonyl (C=O) groups is 2. The van der Waals surface area contributed by atoms with Crippen LogP contribution < -0.4 is 0 Å². The number of halogens is 3. The third-order valence-corrected chi connectivity index (χ3v) is 8.37. The van der Waals surface area contributed by atoms with Gasteiger partial charge in [0.25, 0.3) is 0 Å². The van der Waals surface area contributed by atoms with Crippen LogP contribution in [0.25, 0.3) is 5.57 Å². The molecule has 0 unspecified atom stereocenters. The maximum Gasteiger partial charge on any atom is 0.332 e. The molecular weight excluding hydrogens is 697 g/mol. The van der Waals surface area contributed by atoms with Crippen molar-refractivity contribution in [3.05, 3.63) is 86.8 Å². The molecule has 0 amide bonds. The molecule has 0 bridgehead atoms. The minimum Gasteiger partial charge on any atom is -0.479 e. The molecule has 0 fully saturated rings. The van der Waals surface area contributed by atoms with E-state index in [0.29, 0.717) is 47.4 Å². The first kappa shape index (κ1) is 41.2. The summed E-state index contributed by atoms with van der Waals surface area (Å²) >= 11 is 2.97. The summed E-state index contributed by atoms with van der Waals surface area (Å²) < 4.78 is 43.2. The number of ether oxygens (including phenoxy) is 2. The average Bonchev–Trinajstić information content (AvgIpc) is 3.03. The predicted octanol–water partition coefficient (Wildman–Crippen LogP) is 4.67. The van der Waals surface area contributed by atoms with E-state index in [2.05, 4.69) is 15.9 Å². The summed E-state index contributed by atoms with van der Waals surface area (Å²) in [6, 6.07) is 8.75. The minimum absolute atomic E-state index is 0.0977. The molecule has 10 nitrogen and oxygen atoms in total. The zero-order valence-corrected chi connectivity index (χ0v) is 29.0. The lowest BCUT2D eigenvalue weighted by molar-refractivity contribution is -0.147. The second-order valence-corrected chi connectivity index (χ2v) is 13.0. The van der Waals surface area contributed by atoms with Crippen molar-refractivity contribution in [3.63, 3.8) is 0 Å². The first-order chi connectivity index (χ1) is 22.4. The van der Waals surface area contributed by atoms with Crippen LogP contribution in [0.3, 0.4) is 0 Å². The Balaban J connectivity index is 0.000000254. The molecular formula is C34H43BBrF2O10. The van der Waals surface area contributed by atoms with Crippen molar-refractivity contribution in [2.45, 2.75) is 76.8 Å². The quantitative estimate of drug-likeness (QED) is 0.205. The highest BCUT2D eigenvalue weighted by molar-refractivity contribution is 9.10. The van der Waals surface area contributed by atoms with E-state index in [1.54, 1.807) is 39.5 Å². The van der Waals surface area contributed by atoms with Crippen LogP contribution in [0.15, 0.2) is 58.5 Å². The van der Waals surface area contributed by atoms with E-state index in [-0.39, 0.29) is 12.8 Å². The fraction of sp³-hybridized carbons (Fsp3) is 0.471. The molecule has 2 aromatic rings. The smallest absolute Gasteiger partial charge is 0.332 e. The van der Waals surface area contributed by atoms with Gasteiger partial charge < -0.3 is 39.7 Å². The van der Waals surface area contributed by atoms with Crippen LogP contribution in [0.4, 0.5) is 8.78 Å². The van der Waals surface area contributed by atoms with Gasteiger partial charge in [0, 0.05) is 25.0 Å². The number of carboxylic acids is 2. The van der Waals surface area contributed by atoms with Gasteiger partial charge in [-0.15, -0.1) is 0 Å². The van der Waals surface area contributed by atoms with Crippen molar-refractivity contribution in [2.75, 3.05) is 26.4 Å². The van der Waals surface area contributed by atoms with Crippen LogP contribution in [0.5, 0.6) is 0 Å². The maximum absolute atomic E-state index is 14.0. The lowest BCUT2D eigenvalue weighted by Crippen LogP contribution is -2.48. The SMILES string of the molecule is CC(C)(O)C(C)(C)O[B]C1=CCOCC1.O=C(O)[C@@H](O)Cc1ccc(Br)c(F)c1.O=C(O)[C@@H](O)Cc1ccc(C2=CCOCC2)c(F)c1. The molecule has 0 aliphatic carbocycles. The average molecular weight is 740 g/mol. The van der Waals surface area contributed by atoms with Crippen LogP contribution in [0.1, 0.15) is 57.2 Å². The van der Waals surface area contributed by atoms with E-state index in [1.807, 2.05) is 26.0 Å². The molecule has 2 aliphatic rings. The van der Waals surface area contributed by atoms with E-state index in [9.17, 15) is 28.6 Å². The Morgan fingerprint density at radius 3 is 1.83 bits per heavy atom. The zero-order chi connectivity index (χ0) is 36.1. The van der Waals surface area contributed by atoms with Crippen LogP contribution >= 0.6 is 15.9 Å². The number of aliphatic carboxylic acids is 2. The third-order valence-electron chi connectivity index (χ3n) is 7.73. The van der Waals surface area contributed by atoms with Gasteiger partial charge in [-0.1, -0.05) is 35.8 Å². The van der Waals surface area contributed by atoms with Gasteiger partial charge in [0.15, 0.2) is 12.2 Å². The van der Waals surface area contributed by atoms with Gasteiger partial charge in [-0.25, -0.2) is 18.4 Å².